The van der Waals surface area contributed by atoms with E-state index in [0.29, 0.717) is 0 Å². The van der Waals surface area contributed by atoms with Gasteiger partial charge in [-0.1, -0.05) is 103 Å². The third kappa shape index (κ3) is 2.84. The van der Waals surface area contributed by atoms with E-state index in [1.165, 1.54) is 10.8 Å². The van der Waals surface area contributed by atoms with Crippen LogP contribution < -0.4 is 0 Å². The van der Waals surface area contributed by atoms with Gasteiger partial charge in [-0.3, -0.25) is 4.40 Å². The van der Waals surface area contributed by atoms with Crippen molar-refractivity contribution in [3.05, 3.63) is 115 Å². The van der Waals surface area contributed by atoms with E-state index in [1.807, 2.05) is 0 Å². The summed E-state index contributed by atoms with van der Waals surface area (Å²) < 4.78 is 8.57. The summed E-state index contributed by atoms with van der Waals surface area (Å²) >= 11 is 0. The van der Waals surface area contributed by atoms with Crippen LogP contribution >= 0.6 is 0 Å². The average molecular weight is 476 g/mol. The molecule has 174 valence electrons. The van der Waals surface area contributed by atoms with E-state index in [4.69, 9.17) is 4.42 Å². The van der Waals surface area contributed by atoms with E-state index in [1.54, 1.807) is 0 Å². The summed E-state index contributed by atoms with van der Waals surface area (Å²) in [6.07, 6.45) is 0. The zero-order valence-electron chi connectivity index (χ0n) is 20.1. The molecule has 0 aliphatic heterocycles. The van der Waals surface area contributed by atoms with E-state index >= 15 is 0 Å². The Labute approximate surface area is 212 Å². The number of hydrogen-bond donors (Lipinski definition) is 0. The lowest BCUT2D eigenvalue weighted by molar-refractivity contribution is 0.667. The van der Waals surface area contributed by atoms with Crippen LogP contribution in [0.5, 0.6) is 0 Å². The van der Waals surface area contributed by atoms with E-state index < -0.39 is 0 Å². The number of rotatable bonds is 2. The van der Waals surface area contributed by atoms with Crippen LogP contribution in [0.1, 0.15) is 5.56 Å². The Hall–Kier alpha value is -4.96. The highest BCUT2D eigenvalue weighted by atomic mass is 16.3. The van der Waals surface area contributed by atoms with Gasteiger partial charge in [0.05, 0.1) is 5.52 Å². The SMILES string of the molecule is Cc1cccc2c1oc1c(-c3ccc(-c4nnc5c6ccccc6c6ccccc6n45)cc3)cccc12. The molecule has 0 saturated carbocycles. The molecule has 4 heteroatoms. The smallest absolute Gasteiger partial charge is 0.169 e. The van der Waals surface area contributed by atoms with Gasteiger partial charge in [0.1, 0.15) is 11.2 Å². The van der Waals surface area contributed by atoms with Gasteiger partial charge in [-0.25, -0.2) is 0 Å². The van der Waals surface area contributed by atoms with Crippen molar-refractivity contribution in [2.24, 2.45) is 0 Å². The lowest BCUT2D eigenvalue weighted by Crippen LogP contribution is -1.94. The molecule has 0 aliphatic carbocycles. The fourth-order valence-corrected chi connectivity index (χ4v) is 5.67. The Morgan fingerprint density at radius 2 is 1.19 bits per heavy atom. The quantitative estimate of drug-likeness (QED) is 0.235. The second kappa shape index (κ2) is 7.52. The molecule has 0 atom stereocenters. The molecule has 0 aliphatic rings. The molecule has 8 rings (SSSR count). The van der Waals surface area contributed by atoms with Crippen molar-refractivity contribution in [2.45, 2.75) is 6.92 Å². The largest absolute Gasteiger partial charge is 0.455 e. The molecule has 0 spiro atoms. The predicted molar refractivity (Wildman–Crippen MR) is 151 cm³/mol. The Morgan fingerprint density at radius 3 is 2.03 bits per heavy atom. The summed E-state index contributed by atoms with van der Waals surface area (Å²) in [5, 5.41) is 15.1. The van der Waals surface area contributed by atoms with Crippen LogP contribution in [0.2, 0.25) is 0 Å². The summed E-state index contributed by atoms with van der Waals surface area (Å²) in [5.41, 5.74) is 8.20. The molecule has 3 heterocycles. The van der Waals surface area contributed by atoms with Crippen molar-refractivity contribution in [1.29, 1.82) is 0 Å². The van der Waals surface area contributed by atoms with Gasteiger partial charge in [-0.15, -0.1) is 10.2 Å². The molecule has 0 radical (unpaired) electrons. The molecule has 0 fully saturated rings. The molecular weight excluding hydrogens is 454 g/mol. The maximum atomic E-state index is 6.39. The van der Waals surface area contributed by atoms with E-state index in [2.05, 4.69) is 131 Å². The minimum atomic E-state index is 0.834. The van der Waals surface area contributed by atoms with Crippen molar-refractivity contribution >= 4 is 49.3 Å². The zero-order valence-corrected chi connectivity index (χ0v) is 20.1. The number of fused-ring (bicyclic) bond motifs is 9. The molecule has 8 aromatic rings. The Balaban J connectivity index is 1.32. The molecule has 0 bridgehead atoms. The molecule has 5 aromatic carbocycles. The lowest BCUT2D eigenvalue weighted by Gasteiger charge is -2.10. The molecule has 4 nitrogen and oxygen atoms in total. The van der Waals surface area contributed by atoms with Gasteiger partial charge in [0.15, 0.2) is 11.5 Å². The van der Waals surface area contributed by atoms with Gasteiger partial charge in [0.2, 0.25) is 0 Å². The molecule has 0 saturated heterocycles. The third-order valence-electron chi connectivity index (χ3n) is 7.44. The zero-order chi connectivity index (χ0) is 24.5. The first kappa shape index (κ1) is 20.3. The Morgan fingerprint density at radius 1 is 0.541 bits per heavy atom. The first-order valence-corrected chi connectivity index (χ1v) is 12.4. The topological polar surface area (TPSA) is 43.3 Å². The fraction of sp³-hybridized carbons (Fsp3) is 0.0303. The molecule has 37 heavy (non-hydrogen) atoms. The molecular formula is C33H21N3O. The van der Waals surface area contributed by atoms with Gasteiger partial charge in [0.25, 0.3) is 0 Å². The van der Waals surface area contributed by atoms with Crippen LogP contribution in [0.25, 0.3) is 71.8 Å². The number of furan rings is 1. The molecule has 0 amide bonds. The van der Waals surface area contributed by atoms with E-state index in [-0.39, 0.29) is 0 Å². The summed E-state index contributed by atoms with van der Waals surface area (Å²) in [5.74, 6) is 0.834. The fourth-order valence-electron chi connectivity index (χ4n) is 5.67. The first-order chi connectivity index (χ1) is 18.3. The standard InChI is InChI=1S/C33H21N3O/c1-20-8-6-13-26-27-14-7-12-23(31(27)37-30(20)26)21-16-18-22(19-17-21)32-34-35-33-28-11-3-2-9-24(28)25-10-4-5-15-29(25)36(32)33/h2-19H,1H3. The lowest BCUT2D eigenvalue weighted by atomic mass is 10.0. The van der Waals surface area contributed by atoms with Crippen LogP contribution in [-0.2, 0) is 0 Å². The highest BCUT2D eigenvalue weighted by Crippen LogP contribution is 2.38. The maximum absolute atomic E-state index is 6.39. The van der Waals surface area contributed by atoms with Crippen LogP contribution in [0.15, 0.2) is 114 Å². The highest BCUT2D eigenvalue weighted by Gasteiger charge is 2.17. The number of aryl methyl sites for hydroxylation is 1. The molecule has 0 unspecified atom stereocenters. The summed E-state index contributed by atoms with van der Waals surface area (Å²) in [6, 6.07) is 38.1. The minimum absolute atomic E-state index is 0.834. The third-order valence-corrected chi connectivity index (χ3v) is 7.44. The predicted octanol–water partition coefficient (Wildman–Crippen LogP) is 8.58. The summed E-state index contributed by atoms with van der Waals surface area (Å²) in [4.78, 5) is 0. The summed E-state index contributed by atoms with van der Waals surface area (Å²) in [7, 11) is 0. The van der Waals surface area contributed by atoms with Crippen molar-refractivity contribution in [2.75, 3.05) is 0 Å². The van der Waals surface area contributed by atoms with Crippen LogP contribution in [0.4, 0.5) is 0 Å². The van der Waals surface area contributed by atoms with Gasteiger partial charge in [-0.05, 0) is 29.5 Å². The number of hydrogen-bond acceptors (Lipinski definition) is 3. The Kier molecular flexibility index (Phi) is 4.12. The van der Waals surface area contributed by atoms with Crippen LogP contribution in [0.3, 0.4) is 0 Å². The van der Waals surface area contributed by atoms with Crippen molar-refractivity contribution in [3.8, 4) is 22.5 Å². The average Bonchev–Trinajstić information content (AvgIpc) is 3.57. The minimum Gasteiger partial charge on any atom is -0.455 e. The van der Waals surface area contributed by atoms with Gasteiger partial charge >= 0.3 is 0 Å². The second-order valence-corrected chi connectivity index (χ2v) is 9.56. The number of nitrogens with zero attached hydrogens (tertiary/aromatic N) is 3. The molecule has 3 aromatic heterocycles. The normalized spacial score (nSPS) is 11.9. The molecule has 0 N–H and O–H groups in total. The monoisotopic (exact) mass is 475 g/mol. The van der Waals surface area contributed by atoms with Crippen molar-refractivity contribution in [1.82, 2.24) is 14.6 Å². The number of benzene rings is 5. The van der Waals surface area contributed by atoms with Crippen LogP contribution in [0, 0.1) is 6.92 Å². The van der Waals surface area contributed by atoms with Gasteiger partial charge < -0.3 is 4.42 Å². The van der Waals surface area contributed by atoms with E-state index in [0.717, 1.165) is 66.6 Å². The number of para-hydroxylation sites is 3. The van der Waals surface area contributed by atoms with E-state index in [9.17, 15) is 0 Å². The number of pyridine rings is 1. The van der Waals surface area contributed by atoms with Crippen LogP contribution in [-0.4, -0.2) is 14.6 Å². The Bertz CT molecular complexity index is 2150. The first-order valence-electron chi connectivity index (χ1n) is 12.4. The number of aromatic nitrogens is 3. The van der Waals surface area contributed by atoms with Gasteiger partial charge in [-0.2, -0.15) is 0 Å². The van der Waals surface area contributed by atoms with Gasteiger partial charge in [0, 0.05) is 32.7 Å². The summed E-state index contributed by atoms with van der Waals surface area (Å²) in [6.45, 7) is 2.09. The highest BCUT2D eigenvalue weighted by molar-refractivity contribution is 6.12. The van der Waals surface area contributed by atoms with Crippen molar-refractivity contribution < 1.29 is 4.42 Å². The second-order valence-electron chi connectivity index (χ2n) is 9.56. The maximum Gasteiger partial charge on any atom is 0.169 e. The van der Waals surface area contributed by atoms with Crippen molar-refractivity contribution in [3.63, 3.8) is 0 Å².